The van der Waals surface area contributed by atoms with Crippen molar-refractivity contribution in [3.05, 3.63) is 23.0 Å². The Morgan fingerprint density at radius 1 is 1.09 bits per heavy atom. The summed E-state index contributed by atoms with van der Waals surface area (Å²) in [6.07, 6.45) is 8.71. The van der Waals surface area contributed by atoms with Crippen molar-refractivity contribution in [3.63, 3.8) is 0 Å². The van der Waals surface area contributed by atoms with Gasteiger partial charge in [-0.3, -0.25) is 5.11 Å². The Bertz CT molecular complexity index is 223. The molecule has 59 valence electrons. The monoisotopic (exact) mass is 149 g/mol. The van der Waals surface area contributed by atoms with Gasteiger partial charge in [0.25, 0.3) is 0 Å². The van der Waals surface area contributed by atoms with Crippen molar-refractivity contribution in [2.45, 2.75) is 38.5 Å². The average Bonchev–Trinajstić information content (AvgIpc) is 2.06. The second-order valence-electron chi connectivity index (χ2n) is 3.38. The van der Waals surface area contributed by atoms with Crippen LogP contribution in [0.3, 0.4) is 0 Å². The van der Waals surface area contributed by atoms with Crippen molar-refractivity contribution >= 4 is 0 Å². The van der Waals surface area contributed by atoms with E-state index in [-0.39, 0.29) is 0 Å². The molecule has 11 heavy (non-hydrogen) atoms. The van der Waals surface area contributed by atoms with Gasteiger partial charge in [-0.1, -0.05) is 6.08 Å². The summed E-state index contributed by atoms with van der Waals surface area (Å²) in [4.78, 5) is 0. The van der Waals surface area contributed by atoms with Gasteiger partial charge in [-0.15, -0.1) is 0 Å². The molecule has 1 fully saturated rings. The maximum atomic E-state index is 11.4. The molecule has 0 spiro atoms. The third kappa shape index (κ3) is 1.20. The zero-order valence-corrected chi connectivity index (χ0v) is 6.73. The lowest BCUT2D eigenvalue weighted by Crippen LogP contribution is -2.05. The lowest BCUT2D eigenvalue weighted by Gasteiger charge is -2.21. The van der Waals surface area contributed by atoms with Crippen molar-refractivity contribution in [2.24, 2.45) is 0 Å². The summed E-state index contributed by atoms with van der Waals surface area (Å²) < 4.78 is 0. The smallest absolute Gasteiger partial charge is 0.159 e. The fourth-order valence-electron chi connectivity index (χ4n) is 2.00. The number of allylic oxidation sites excluding steroid dienone is 4. The largest absolute Gasteiger partial charge is 0.295 e. The molecular weight excluding hydrogens is 136 g/mol. The fourth-order valence-corrected chi connectivity index (χ4v) is 2.00. The van der Waals surface area contributed by atoms with Crippen molar-refractivity contribution in [3.8, 4) is 0 Å². The van der Waals surface area contributed by atoms with E-state index < -0.39 is 0 Å². The Hall–Kier alpha value is -0.720. The van der Waals surface area contributed by atoms with Gasteiger partial charge in [-0.2, -0.15) is 0 Å². The van der Waals surface area contributed by atoms with E-state index >= 15 is 0 Å². The predicted octanol–water partition coefficient (Wildman–Crippen LogP) is 2.97. The zero-order valence-electron chi connectivity index (χ0n) is 6.73. The molecule has 2 aliphatic rings. The summed E-state index contributed by atoms with van der Waals surface area (Å²) in [6, 6.07) is 0. The minimum absolute atomic E-state index is 0.419. The molecule has 0 saturated heterocycles. The van der Waals surface area contributed by atoms with Gasteiger partial charge < -0.3 is 0 Å². The van der Waals surface area contributed by atoms with Gasteiger partial charge in [-0.25, -0.2) is 0 Å². The van der Waals surface area contributed by atoms with Crippen LogP contribution in [0, 0.1) is 0 Å². The molecule has 1 saturated carbocycles. The van der Waals surface area contributed by atoms with Crippen LogP contribution in [0.25, 0.3) is 0 Å². The van der Waals surface area contributed by atoms with E-state index in [0.717, 1.165) is 31.3 Å². The van der Waals surface area contributed by atoms with Gasteiger partial charge in [0.05, 0.1) is 0 Å². The van der Waals surface area contributed by atoms with Crippen molar-refractivity contribution in [1.29, 1.82) is 0 Å². The predicted molar refractivity (Wildman–Crippen MR) is 43.5 cm³/mol. The van der Waals surface area contributed by atoms with Gasteiger partial charge >= 0.3 is 0 Å². The second kappa shape index (κ2) is 2.72. The minimum Gasteiger partial charge on any atom is -0.295 e. The normalized spacial score (nSPS) is 24.5. The highest BCUT2D eigenvalue weighted by atomic mass is 16.3. The van der Waals surface area contributed by atoms with Crippen LogP contribution in [0.5, 0.6) is 0 Å². The summed E-state index contributed by atoms with van der Waals surface area (Å²) in [5, 5.41) is 11.4. The van der Waals surface area contributed by atoms with Crippen molar-refractivity contribution in [2.75, 3.05) is 0 Å². The molecule has 0 aliphatic heterocycles. The fraction of sp³-hybridized carbons (Fsp3) is 0.600. The van der Waals surface area contributed by atoms with Crippen LogP contribution in [-0.2, 0) is 5.11 Å². The average molecular weight is 149 g/mol. The van der Waals surface area contributed by atoms with Gasteiger partial charge in [0, 0.05) is 6.42 Å². The number of rotatable bonds is 0. The number of fused-ring (bicyclic) bond motifs is 1. The summed E-state index contributed by atoms with van der Waals surface area (Å²) >= 11 is 0. The first-order valence-corrected chi connectivity index (χ1v) is 4.46. The lowest BCUT2D eigenvalue weighted by molar-refractivity contribution is 0.271. The lowest BCUT2D eigenvalue weighted by atomic mass is 9.84. The Morgan fingerprint density at radius 2 is 1.91 bits per heavy atom. The SMILES string of the molecule is [O]C1=C2CCCCC2=CCC1. The molecule has 0 N–H and O–H groups in total. The van der Waals surface area contributed by atoms with E-state index in [9.17, 15) is 5.11 Å². The number of hydrogen-bond acceptors (Lipinski definition) is 0. The summed E-state index contributed by atoms with van der Waals surface area (Å²) in [6.45, 7) is 0. The van der Waals surface area contributed by atoms with Crippen LogP contribution in [-0.4, -0.2) is 0 Å². The Balaban J connectivity index is 2.29. The first-order chi connectivity index (χ1) is 5.38. The van der Waals surface area contributed by atoms with Crippen LogP contribution in [0.15, 0.2) is 23.0 Å². The molecule has 0 aromatic carbocycles. The molecule has 2 aliphatic carbocycles. The van der Waals surface area contributed by atoms with Gasteiger partial charge in [0.2, 0.25) is 0 Å². The molecule has 1 radical (unpaired) electrons. The molecule has 0 bridgehead atoms. The summed E-state index contributed by atoms with van der Waals surface area (Å²) in [7, 11) is 0. The molecule has 0 aromatic rings. The summed E-state index contributed by atoms with van der Waals surface area (Å²) in [5.41, 5.74) is 2.52. The molecule has 0 aromatic heterocycles. The van der Waals surface area contributed by atoms with Crippen LogP contribution in [0.4, 0.5) is 0 Å². The molecule has 1 heteroatoms. The van der Waals surface area contributed by atoms with E-state index in [1.165, 1.54) is 18.4 Å². The standard InChI is InChI=1S/C10H13O/c11-10-7-3-5-8-4-1-2-6-9(8)10/h5H,1-4,6-7H2. The molecule has 0 atom stereocenters. The Kier molecular flexibility index (Phi) is 1.72. The first kappa shape index (κ1) is 6.96. The van der Waals surface area contributed by atoms with E-state index in [1.807, 2.05) is 0 Å². The third-order valence-electron chi connectivity index (χ3n) is 2.61. The van der Waals surface area contributed by atoms with Crippen molar-refractivity contribution in [1.82, 2.24) is 0 Å². The second-order valence-corrected chi connectivity index (χ2v) is 3.38. The maximum absolute atomic E-state index is 11.4. The van der Waals surface area contributed by atoms with E-state index in [2.05, 4.69) is 6.08 Å². The van der Waals surface area contributed by atoms with E-state index in [0.29, 0.717) is 5.76 Å². The molecule has 1 nitrogen and oxygen atoms in total. The van der Waals surface area contributed by atoms with E-state index in [1.54, 1.807) is 0 Å². The first-order valence-electron chi connectivity index (χ1n) is 4.46. The zero-order chi connectivity index (χ0) is 7.68. The van der Waals surface area contributed by atoms with Crippen LogP contribution in [0.1, 0.15) is 38.5 Å². The molecular formula is C10H13O. The summed E-state index contributed by atoms with van der Waals surface area (Å²) in [5.74, 6) is 0.419. The van der Waals surface area contributed by atoms with Crippen LogP contribution >= 0.6 is 0 Å². The highest BCUT2D eigenvalue weighted by Gasteiger charge is 2.19. The molecule has 0 amide bonds. The molecule has 0 heterocycles. The highest BCUT2D eigenvalue weighted by Crippen LogP contribution is 2.35. The third-order valence-corrected chi connectivity index (χ3v) is 2.61. The van der Waals surface area contributed by atoms with Crippen LogP contribution in [0.2, 0.25) is 0 Å². The highest BCUT2D eigenvalue weighted by molar-refractivity contribution is 5.37. The molecule has 0 unspecified atom stereocenters. The Labute approximate surface area is 67.4 Å². The quantitative estimate of drug-likeness (QED) is 0.504. The van der Waals surface area contributed by atoms with Gasteiger partial charge in [0.15, 0.2) is 5.76 Å². The van der Waals surface area contributed by atoms with Crippen molar-refractivity contribution < 1.29 is 5.11 Å². The topological polar surface area (TPSA) is 19.9 Å². The maximum Gasteiger partial charge on any atom is 0.159 e. The Morgan fingerprint density at radius 3 is 2.73 bits per heavy atom. The minimum atomic E-state index is 0.419. The van der Waals surface area contributed by atoms with Gasteiger partial charge in [-0.05, 0) is 43.3 Å². The van der Waals surface area contributed by atoms with Gasteiger partial charge in [0.1, 0.15) is 0 Å². The van der Waals surface area contributed by atoms with Crippen LogP contribution < -0.4 is 0 Å². The number of hydrogen-bond donors (Lipinski definition) is 0. The van der Waals surface area contributed by atoms with E-state index in [4.69, 9.17) is 0 Å². The molecule has 2 rings (SSSR count).